The van der Waals surface area contributed by atoms with E-state index in [0.717, 1.165) is 27.9 Å². The van der Waals surface area contributed by atoms with Gasteiger partial charge in [0.2, 0.25) is 6.29 Å². The van der Waals surface area contributed by atoms with E-state index in [9.17, 15) is 14.4 Å². The van der Waals surface area contributed by atoms with E-state index in [1.54, 1.807) is 12.1 Å². The zero-order valence-electron chi connectivity index (χ0n) is 18.7. The number of aromatic nitrogens is 1. The van der Waals surface area contributed by atoms with Crippen molar-refractivity contribution in [3.63, 3.8) is 0 Å². The van der Waals surface area contributed by atoms with Crippen molar-refractivity contribution in [2.75, 3.05) is 11.9 Å². The summed E-state index contributed by atoms with van der Waals surface area (Å²) in [6, 6.07) is 21.6. The molecule has 0 atom stereocenters. The largest absolute Gasteiger partial charge is 0.480 e. The number of carbonyl (C=O) groups excluding carboxylic acids is 2. The number of pyridine rings is 1. The first kappa shape index (κ1) is 22.8. The summed E-state index contributed by atoms with van der Waals surface area (Å²) in [6.45, 7) is 1.44. The lowest BCUT2D eigenvalue weighted by molar-refractivity contribution is -0.139. The van der Waals surface area contributed by atoms with Gasteiger partial charge in [0, 0.05) is 18.3 Å². The molecule has 0 aliphatic rings. The molecule has 0 saturated heterocycles. The molecule has 34 heavy (non-hydrogen) atoms. The third-order valence-electron chi connectivity index (χ3n) is 5.65. The van der Waals surface area contributed by atoms with Gasteiger partial charge in [-0.15, -0.1) is 0 Å². The van der Waals surface area contributed by atoms with Gasteiger partial charge in [0.05, 0.1) is 5.69 Å². The number of aldehydes is 1. The summed E-state index contributed by atoms with van der Waals surface area (Å²) in [5.41, 5.74) is 6.02. The lowest BCUT2D eigenvalue weighted by Crippen LogP contribution is -2.14. The molecule has 2 aromatic heterocycles. The number of anilines is 1. The predicted molar refractivity (Wildman–Crippen MR) is 129 cm³/mol. The summed E-state index contributed by atoms with van der Waals surface area (Å²) in [6.07, 6.45) is 3.19. The van der Waals surface area contributed by atoms with Crippen LogP contribution in [0.3, 0.4) is 0 Å². The number of carboxylic acid groups (broad SMARTS) is 1. The maximum absolute atomic E-state index is 12.1. The Kier molecular flexibility index (Phi) is 6.73. The van der Waals surface area contributed by atoms with Crippen molar-refractivity contribution in [2.24, 2.45) is 0 Å². The standard InChI is InChI=1S/C27H24N2O5/c1-2-20-22(15-19-11-6-7-12-21(19)18-9-4-3-5-10-18)29-14-8-13-23(34-17-25(32)33)27(29)26(20)28-24(31)16-30/h3-14,16H,2,15,17H2,1H3,(H,28,31)(H,32,33). The third-order valence-corrected chi connectivity index (χ3v) is 5.65. The molecule has 1 amide bonds. The van der Waals surface area contributed by atoms with Crippen LogP contribution >= 0.6 is 0 Å². The zero-order valence-corrected chi connectivity index (χ0v) is 18.7. The topological polar surface area (TPSA) is 97.1 Å². The van der Waals surface area contributed by atoms with Crippen molar-refractivity contribution in [3.8, 4) is 16.9 Å². The number of hydrogen-bond donors (Lipinski definition) is 2. The van der Waals surface area contributed by atoms with Crippen LogP contribution in [0.4, 0.5) is 5.69 Å². The number of rotatable bonds is 9. The van der Waals surface area contributed by atoms with Gasteiger partial charge in [-0.1, -0.05) is 61.5 Å². The molecule has 7 heteroatoms. The van der Waals surface area contributed by atoms with Crippen LogP contribution in [-0.4, -0.2) is 34.3 Å². The SMILES string of the molecule is CCc1c(NC(=O)C=O)c2c(OCC(=O)O)cccn2c1Cc1ccccc1-c1ccccc1. The Morgan fingerprint density at radius 3 is 2.47 bits per heavy atom. The second kappa shape index (κ2) is 10.0. The molecule has 4 rings (SSSR count). The third kappa shape index (κ3) is 4.54. The highest BCUT2D eigenvalue weighted by Crippen LogP contribution is 2.37. The Morgan fingerprint density at radius 2 is 1.76 bits per heavy atom. The van der Waals surface area contributed by atoms with Gasteiger partial charge in [0.1, 0.15) is 11.3 Å². The van der Waals surface area contributed by atoms with Gasteiger partial charge in [-0.2, -0.15) is 0 Å². The highest BCUT2D eigenvalue weighted by Gasteiger charge is 2.23. The van der Waals surface area contributed by atoms with Crippen molar-refractivity contribution in [1.29, 1.82) is 0 Å². The average Bonchev–Trinajstić information content (AvgIpc) is 3.16. The minimum absolute atomic E-state index is 0.216. The maximum atomic E-state index is 12.1. The summed E-state index contributed by atoms with van der Waals surface area (Å²) >= 11 is 0. The molecule has 7 nitrogen and oxygen atoms in total. The van der Waals surface area contributed by atoms with Crippen molar-refractivity contribution >= 4 is 29.4 Å². The van der Waals surface area contributed by atoms with E-state index in [-0.39, 0.29) is 6.29 Å². The van der Waals surface area contributed by atoms with Gasteiger partial charge in [0.25, 0.3) is 5.91 Å². The highest BCUT2D eigenvalue weighted by atomic mass is 16.5. The molecule has 0 aliphatic heterocycles. The number of fused-ring (bicyclic) bond motifs is 1. The molecule has 2 N–H and O–H groups in total. The number of benzene rings is 2. The monoisotopic (exact) mass is 456 g/mol. The quantitative estimate of drug-likeness (QED) is 0.288. The minimum atomic E-state index is -1.11. The minimum Gasteiger partial charge on any atom is -0.480 e. The van der Waals surface area contributed by atoms with Crippen molar-refractivity contribution in [3.05, 3.63) is 89.7 Å². The molecule has 2 aromatic carbocycles. The number of carbonyl (C=O) groups is 3. The smallest absolute Gasteiger partial charge is 0.341 e. The maximum Gasteiger partial charge on any atom is 0.341 e. The van der Waals surface area contributed by atoms with Crippen LogP contribution in [0.1, 0.15) is 23.7 Å². The van der Waals surface area contributed by atoms with Gasteiger partial charge in [-0.05, 0) is 40.8 Å². The number of hydrogen-bond acceptors (Lipinski definition) is 4. The Morgan fingerprint density at radius 1 is 1.03 bits per heavy atom. The van der Waals surface area contributed by atoms with E-state index in [2.05, 4.69) is 29.6 Å². The van der Waals surface area contributed by atoms with E-state index < -0.39 is 18.5 Å². The first-order chi connectivity index (χ1) is 16.5. The van der Waals surface area contributed by atoms with Gasteiger partial charge in [-0.3, -0.25) is 9.59 Å². The summed E-state index contributed by atoms with van der Waals surface area (Å²) < 4.78 is 7.43. The molecule has 0 unspecified atom stereocenters. The second-order valence-electron chi connectivity index (χ2n) is 7.73. The van der Waals surface area contributed by atoms with Crippen molar-refractivity contribution < 1.29 is 24.2 Å². The lowest BCUT2D eigenvalue weighted by Gasteiger charge is -2.12. The molecule has 0 aliphatic carbocycles. The number of ether oxygens (including phenoxy) is 1. The van der Waals surface area contributed by atoms with Gasteiger partial charge < -0.3 is 19.6 Å². The molecular weight excluding hydrogens is 432 g/mol. The summed E-state index contributed by atoms with van der Waals surface area (Å²) in [7, 11) is 0. The summed E-state index contributed by atoms with van der Waals surface area (Å²) in [5, 5.41) is 11.8. The van der Waals surface area contributed by atoms with Crippen LogP contribution in [0, 0.1) is 0 Å². The fraction of sp³-hybridized carbons (Fsp3) is 0.148. The van der Waals surface area contributed by atoms with E-state index >= 15 is 0 Å². The Hall–Kier alpha value is -4.39. The summed E-state index contributed by atoms with van der Waals surface area (Å²) in [4.78, 5) is 34.3. The number of carboxylic acids is 1. The fourth-order valence-corrected chi connectivity index (χ4v) is 4.26. The summed E-state index contributed by atoms with van der Waals surface area (Å²) in [5.74, 6) is -1.59. The molecule has 0 spiro atoms. The Labute approximate surface area is 196 Å². The molecule has 0 bridgehead atoms. The number of amides is 1. The molecule has 172 valence electrons. The van der Waals surface area contributed by atoms with E-state index in [1.807, 2.05) is 47.9 Å². The first-order valence-corrected chi connectivity index (χ1v) is 10.9. The van der Waals surface area contributed by atoms with Gasteiger partial charge >= 0.3 is 5.97 Å². The molecule has 0 fully saturated rings. The highest BCUT2D eigenvalue weighted by molar-refractivity contribution is 6.30. The van der Waals surface area contributed by atoms with Gasteiger partial charge in [-0.25, -0.2) is 4.79 Å². The zero-order chi connectivity index (χ0) is 24.1. The van der Waals surface area contributed by atoms with Crippen LogP contribution < -0.4 is 10.1 Å². The molecular formula is C27H24N2O5. The van der Waals surface area contributed by atoms with Crippen LogP contribution in [0.25, 0.3) is 16.6 Å². The van der Waals surface area contributed by atoms with Gasteiger partial charge in [0.15, 0.2) is 6.61 Å². The molecule has 0 saturated carbocycles. The molecule has 4 aromatic rings. The van der Waals surface area contributed by atoms with Crippen LogP contribution in [-0.2, 0) is 27.2 Å². The Bertz CT molecular complexity index is 1360. The second-order valence-corrected chi connectivity index (χ2v) is 7.73. The van der Waals surface area contributed by atoms with Crippen LogP contribution in [0.5, 0.6) is 5.75 Å². The molecule has 0 radical (unpaired) electrons. The molecule has 2 heterocycles. The first-order valence-electron chi connectivity index (χ1n) is 10.9. The number of nitrogens with zero attached hydrogens (tertiary/aromatic N) is 1. The van der Waals surface area contributed by atoms with Crippen molar-refractivity contribution in [1.82, 2.24) is 4.40 Å². The lowest BCUT2D eigenvalue weighted by atomic mass is 9.95. The predicted octanol–water partition coefficient (Wildman–Crippen LogP) is 4.36. The number of nitrogens with one attached hydrogen (secondary N) is 1. The van der Waals surface area contributed by atoms with E-state index in [0.29, 0.717) is 29.8 Å². The normalized spacial score (nSPS) is 10.7. The van der Waals surface area contributed by atoms with Crippen LogP contribution in [0.15, 0.2) is 72.9 Å². The van der Waals surface area contributed by atoms with E-state index in [1.165, 1.54) is 0 Å². The average molecular weight is 456 g/mol. The number of aliphatic carboxylic acids is 1. The van der Waals surface area contributed by atoms with E-state index in [4.69, 9.17) is 9.84 Å². The Balaban J connectivity index is 1.90. The fourth-order valence-electron chi connectivity index (χ4n) is 4.26. The van der Waals surface area contributed by atoms with Crippen molar-refractivity contribution in [2.45, 2.75) is 19.8 Å². The van der Waals surface area contributed by atoms with Crippen LogP contribution in [0.2, 0.25) is 0 Å².